The molecule has 0 bridgehead atoms. The fraction of sp³-hybridized carbons (Fsp3) is 0.491. The van der Waals surface area contributed by atoms with Crippen LogP contribution in [0.3, 0.4) is 0 Å². The van der Waals surface area contributed by atoms with Gasteiger partial charge in [-0.1, -0.05) is 49.4 Å². The molecule has 18 nitrogen and oxygen atoms in total. The summed E-state index contributed by atoms with van der Waals surface area (Å²) in [5.74, 6) is -0.146. The third-order valence-electron chi connectivity index (χ3n) is 13.6. The lowest BCUT2D eigenvalue weighted by Crippen LogP contribution is -2.57. The smallest absolute Gasteiger partial charge is 0.444 e. The van der Waals surface area contributed by atoms with Crippen LogP contribution in [0.15, 0.2) is 85.7 Å². The molecule has 4 aromatic heterocycles. The van der Waals surface area contributed by atoms with Crippen molar-refractivity contribution in [2.45, 2.75) is 152 Å². The molecule has 9 rings (SSSR count). The molecule has 2 aromatic carbocycles. The van der Waals surface area contributed by atoms with Crippen molar-refractivity contribution in [1.29, 1.82) is 0 Å². The number of carbonyl (C=O) groups is 4. The minimum Gasteiger partial charge on any atom is -0.444 e. The summed E-state index contributed by atoms with van der Waals surface area (Å²) in [4.78, 5) is 65.8. The Morgan fingerprint density at radius 3 is 1.60 bits per heavy atom. The second-order valence-electron chi connectivity index (χ2n) is 22.0. The standard InChI is InChI=1S/C24H37BN2O5.C24H29N5O3.C6H4ClN3.CH4/c1-16-14-19(25-31-23(6,7)24(8,9)32-25)11-10-18(16)15-26-12-13-27(17(2)20(26)28)21(29)30-22(3,4)5;1-16-13-18(21-20-7-6-10-29(20)26-15-25-21)8-9-19(16)14-27-11-12-28(17(2)22(27)30)23(31)32-24(3,4)5;7-6-5-2-1-3-10(5)9-4-8-6;/h10-11,14,17H,12-13,15H2,1-9H3;6-10,13,15,17H,11-12,14H2,1-5H3;1-4H;1H4. The van der Waals surface area contributed by atoms with Crippen molar-refractivity contribution in [3.8, 4) is 11.3 Å². The number of amides is 4. The van der Waals surface area contributed by atoms with Gasteiger partial charge >= 0.3 is 19.3 Å². The van der Waals surface area contributed by atoms with Gasteiger partial charge in [0.05, 0.1) is 22.4 Å². The van der Waals surface area contributed by atoms with Gasteiger partial charge in [0.2, 0.25) is 11.8 Å². The zero-order chi connectivity index (χ0) is 54.1. The molecule has 3 fully saturated rings. The fourth-order valence-corrected chi connectivity index (χ4v) is 8.88. The second kappa shape index (κ2) is 22.7. The van der Waals surface area contributed by atoms with Gasteiger partial charge in [0.15, 0.2) is 5.15 Å². The topological polar surface area (TPSA) is 179 Å². The lowest BCUT2D eigenvalue weighted by atomic mass is 9.78. The van der Waals surface area contributed by atoms with E-state index in [4.69, 9.17) is 30.4 Å². The summed E-state index contributed by atoms with van der Waals surface area (Å²) in [5, 5.41) is 8.63. The molecule has 0 N–H and O–H groups in total. The first kappa shape index (κ1) is 57.7. The number of hydrogen-bond donors (Lipinski definition) is 0. The monoisotopic (exact) mass is 1050 g/mol. The number of benzene rings is 2. The van der Waals surface area contributed by atoms with E-state index in [1.165, 1.54) is 16.1 Å². The van der Waals surface area contributed by atoms with E-state index in [-0.39, 0.29) is 30.4 Å². The maximum Gasteiger partial charge on any atom is 0.494 e. The molecular weight excluding hydrogens is 975 g/mol. The molecule has 2 unspecified atom stereocenters. The van der Waals surface area contributed by atoms with E-state index in [9.17, 15) is 19.2 Å². The molecule has 4 amide bonds. The maximum atomic E-state index is 13.0. The van der Waals surface area contributed by atoms with Crippen LogP contribution in [0.2, 0.25) is 5.15 Å². The minimum atomic E-state index is -0.591. The average Bonchev–Trinajstić information content (AvgIpc) is 4.05. The normalized spacial score (nSPS) is 18.5. The highest BCUT2D eigenvalue weighted by Gasteiger charge is 2.52. The number of ether oxygens (including phenoxy) is 2. The summed E-state index contributed by atoms with van der Waals surface area (Å²) < 4.78 is 26.7. The van der Waals surface area contributed by atoms with Crippen molar-refractivity contribution in [3.05, 3.63) is 113 Å². The molecule has 7 heterocycles. The molecule has 402 valence electrons. The van der Waals surface area contributed by atoms with Crippen LogP contribution in [0.25, 0.3) is 22.3 Å². The molecule has 0 spiro atoms. The van der Waals surface area contributed by atoms with Crippen molar-refractivity contribution in [2.24, 2.45) is 0 Å². The van der Waals surface area contributed by atoms with E-state index in [0.29, 0.717) is 44.4 Å². The number of fused-ring (bicyclic) bond motifs is 2. The molecule has 0 radical (unpaired) electrons. The number of carbonyl (C=O) groups excluding carboxylic acids is 4. The summed E-state index contributed by atoms with van der Waals surface area (Å²) in [5.41, 5.74) is 6.97. The Bertz CT molecular complexity index is 3000. The predicted octanol–water partition coefficient (Wildman–Crippen LogP) is 8.95. The van der Waals surface area contributed by atoms with Crippen LogP contribution in [0.5, 0.6) is 0 Å². The van der Waals surface area contributed by atoms with E-state index in [1.54, 1.807) is 29.2 Å². The zero-order valence-corrected chi connectivity index (χ0v) is 45.9. The van der Waals surface area contributed by atoms with Crippen LogP contribution in [0, 0.1) is 13.8 Å². The van der Waals surface area contributed by atoms with E-state index in [1.807, 2.05) is 154 Å². The van der Waals surface area contributed by atoms with E-state index >= 15 is 0 Å². The molecule has 0 saturated carbocycles. The molecule has 6 aromatic rings. The molecule has 2 atom stereocenters. The molecule has 75 heavy (non-hydrogen) atoms. The van der Waals surface area contributed by atoms with Crippen molar-refractivity contribution in [3.63, 3.8) is 0 Å². The summed E-state index contributed by atoms with van der Waals surface area (Å²) in [7, 11) is -0.410. The van der Waals surface area contributed by atoms with Crippen LogP contribution in [0.4, 0.5) is 9.59 Å². The maximum absolute atomic E-state index is 13.0. The van der Waals surface area contributed by atoms with Crippen LogP contribution in [-0.4, -0.2) is 141 Å². The first-order valence-corrected chi connectivity index (χ1v) is 25.3. The highest BCUT2D eigenvalue weighted by molar-refractivity contribution is 6.62. The second-order valence-corrected chi connectivity index (χ2v) is 22.3. The fourth-order valence-electron chi connectivity index (χ4n) is 8.69. The Labute approximate surface area is 446 Å². The van der Waals surface area contributed by atoms with Gasteiger partial charge in [-0.2, -0.15) is 10.2 Å². The minimum absolute atomic E-state index is 0. The zero-order valence-electron chi connectivity index (χ0n) is 45.2. The summed E-state index contributed by atoms with van der Waals surface area (Å²) >= 11 is 5.73. The summed E-state index contributed by atoms with van der Waals surface area (Å²) in [6, 6.07) is 18.8. The SMILES string of the molecule is C.Cc1cc(-c2ncnn3cccc23)ccc1CN1CCN(C(=O)OC(C)(C)C)C(C)C1=O.Cc1cc(B2OC(C)(C)C(C)(C)O2)ccc1CN1CCN(C(=O)OC(C)(C)C)C(C)C1=O.Clc1ncnn2cccc12. The molecule has 3 aliphatic heterocycles. The largest absolute Gasteiger partial charge is 0.494 e. The Kier molecular flexibility index (Phi) is 17.5. The van der Waals surface area contributed by atoms with Gasteiger partial charge in [-0.25, -0.2) is 28.6 Å². The van der Waals surface area contributed by atoms with Gasteiger partial charge in [0.25, 0.3) is 0 Å². The van der Waals surface area contributed by atoms with Crippen LogP contribution in [0.1, 0.15) is 113 Å². The van der Waals surface area contributed by atoms with Crippen molar-refractivity contribution in [1.82, 2.24) is 48.8 Å². The van der Waals surface area contributed by atoms with E-state index < -0.39 is 42.6 Å². The predicted molar refractivity (Wildman–Crippen MR) is 290 cm³/mol. The lowest BCUT2D eigenvalue weighted by molar-refractivity contribution is -0.141. The highest BCUT2D eigenvalue weighted by Crippen LogP contribution is 2.37. The number of nitrogens with zero attached hydrogens (tertiary/aromatic N) is 10. The summed E-state index contributed by atoms with van der Waals surface area (Å²) in [6.07, 6.45) is 5.81. The molecular formula is C55H74BClN10O8. The van der Waals surface area contributed by atoms with Crippen molar-refractivity contribution >= 4 is 59.2 Å². The molecule has 3 aliphatic rings. The van der Waals surface area contributed by atoms with Gasteiger partial charge in [-0.15, -0.1) is 0 Å². The average molecular weight is 1050 g/mol. The first-order valence-electron chi connectivity index (χ1n) is 25.0. The Balaban J connectivity index is 0.000000203. The lowest BCUT2D eigenvalue weighted by Gasteiger charge is -2.39. The van der Waals surface area contributed by atoms with Gasteiger partial charge < -0.3 is 28.6 Å². The van der Waals surface area contributed by atoms with Crippen LogP contribution < -0.4 is 5.46 Å². The Morgan fingerprint density at radius 2 is 1.13 bits per heavy atom. The van der Waals surface area contributed by atoms with Crippen molar-refractivity contribution < 1.29 is 38.0 Å². The first-order chi connectivity index (χ1) is 34.6. The number of halogens is 1. The molecule has 3 saturated heterocycles. The van der Waals surface area contributed by atoms with Gasteiger partial charge in [-0.3, -0.25) is 19.4 Å². The number of rotatable bonds is 6. The number of aryl methyl sites for hydroxylation is 2. The van der Waals surface area contributed by atoms with Crippen LogP contribution in [-0.2, 0) is 41.5 Å². The third-order valence-corrected chi connectivity index (χ3v) is 13.9. The highest BCUT2D eigenvalue weighted by atomic mass is 35.5. The van der Waals surface area contributed by atoms with Gasteiger partial charge in [0, 0.05) is 57.2 Å². The van der Waals surface area contributed by atoms with E-state index in [0.717, 1.165) is 50.0 Å². The number of aromatic nitrogens is 6. The van der Waals surface area contributed by atoms with E-state index in [2.05, 4.69) is 32.3 Å². The number of hydrogen-bond acceptors (Lipinski definition) is 12. The number of piperazine rings is 2. The van der Waals surface area contributed by atoms with Crippen LogP contribution >= 0.6 is 11.6 Å². The molecule has 20 heteroatoms. The quantitative estimate of drug-likeness (QED) is 0.145. The Hall–Kier alpha value is -6.57. The Morgan fingerprint density at radius 1 is 0.680 bits per heavy atom. The van der Waals surface area contributed by atoms with Gasteiger partial charge in [0.1, 0.15) is 41.5 Å². The summed E-state index contributed by atoms with van der Waals surface area (Å²) in [6.45, 7) is 29.5. The molecule has 0 aliphatic carbocycles. The van der Waals surface area contributed by atoms with Crippen molar-refractivity contribution in [2.75, 3.05) is 26.2 Å². The van der Waals surface area contributed by atoms with Gasteiger partial charge in [-0.05, 0) is 155 Å². The third kappa shape index (κ3) is 13.5.